The zero-order valence-corrected chi connectivity index (χ0v) is 8.27. The lowest BCUT2D eigenvalue weighted by Gasteiger charge is -2.07. The third-order valence-corrected chi connectivity index (χ3v) is 2.12. The van der Waals surface area contributed by atoms with Crippen molar-refractivity contribution in [3.63, 3.8) is 0 Å². The Labute approximate surface area is 88.0 Å². The molecule has 0 bridgehead atoms. The van der Waals surface area contributed by atoms with Crippen LogP contribution < -0.4 is 4.74 Å². The zero-order valence-electron chi connectivity index (χ0n) is 8.27. The van der Waals surface area contributed by atoms with Gasteiger partial charge in [-0.1, -0.05) is 0 Å². The summed E-state index contributed by atoms with van der Waals surface area (Å²) in [7, 11) is 1.52. The second kappa shape index (κ2) is 4.00. The number of benzene rings is 1. The molecule has 15 heavy (non-hydrogen) atoms. The lowest BCUT2D eigenvalue weighted by atomic mass is 10.1. The summed E-state index contributed by atoms with van der Waals surface area (Å²) in [4.78, 5) is 3.92. The molecule has 0 aliphatic carbocycles. The molecule has 0 saturated carbocycles. The highest BCUT2D eigenvalue weighted by molar-refractivity contribution is 5.72. The molecule has 1 aromatic heterocycles. The second-order valence-corrected chi connectivity index (χ2v) is 3.01. The van der Waals surface area contributed by atoms with Crippen molar-refractivity contribution in [2.24, 2.45) is 0 Å². The van der Waals surface area contributed by atoms with Crippen LogP contribution in [0.5, 0.6) is 11.5 Å². The number of phenols is 1. The first-order valence-corrected chi connectivity index (χ1v) is 4.51. The van der Waals surface area contributed by atoms with E-state index in [1.807, 2.05) is 12.1 Å². The maximum absolute atomic E-state index is 9.87. The average molecular weight is 200 g/mol. The highest BCUT2D eigenvalue weighted by Crippen LogP contribution is 2.35. The average Bonchev–Trinajstić information content (AvgIpc) is 2.30. The number of phenolic OH excluding ortho intramolecular Hbond substituents is 1. The van der Waals surface area contributed by atoms with Gasteiger partial charge in [0.15, 0.2) is 11.5 Å². The molecule has 0 aliphatic heterocycles. The van der Waals surface area contributed by atoms with E-state index in [1.165, 1.54) is 7.11 Å². The van der Waals surface area contributed by atoms with Crippen molar-refractivity contribution in [3.05, 3.63) is 42.7 Å². The van der Waals surface area contributed by atoms with E-state index in [1.54, 1.807) is 24.5 Å². The number of rotatable bonds is 2. The fourth-order valence-electron chi connectivity index (χ4n) is 1.37. The van der Waals surface area contributed by atoms with Crippen molar-refractivity contribution in [2.75, 3.05) is 7.11 Å². The van der Waals surface area contributed by atoms with Crippen LogP contribution in [0.4, 0.5) is 0 Å². The van der Waals surface area contributed by atoms with Crippen molar-refractivity contribution in [3.8, 4) is 22.6 Å². The van der Waals surface area contributed by atoms with Gasteiger partial charge in [-0.15, -0.1) is 0 Å². The van der Waals surface area contributed by atoms with E-state index in [9.17, 15) is 5.11 Å². The number of aromatic hydroxyl groups is 1. The molecule has 3 heteroatoms. The molecule has 0 amide bonds. The van der Waals surface area contributed by atoms with Gasteiger partial charge < -0.3 is 9.84 Å². The van der Waals surface area contributed by atoms with E-state index in [2.05, 4.69) is 11.1 Å². The largest absolute Gasteiger partial charge is 0.504 e. The number of nitrogens with zero attached hydrogens (tertiary/aromatic N) is 1. The molecule has 1 heterocycles. The van der Waals surface area contributed by atoms with Crippen molar-refractivity contribution in [1.29, 1.82) is 0 Å². The number of aromatic nitrogens is 1. The molecule has 0 fully saturated rings. The topological polar surface area (TPSA) is 42.4 Å². The van der Waals surface area contributed by atoms with Crippen LogP contribution in [0.15, 0.2) is 36.7 Å². The Hall–Kier alpha value is -2.03. The molecule has 2 rings (SSSR count). The minimum atomic E-state index is 0.103. The Bertz CT molecular complexity index is 454. The predicted octanol–water partition coefficient (Wildman–Crippen LogP) is 2.26. The molecule has 0 atom stereocenters. The van der Waals surface area contributed by atoms with Crippen LogP contribution in [0.25, 0.3) is 11.1 Å². The summed E-state index contributed by atoms with van der Waals surface area (Å²) in [5, 5.41) is 9.87. The first kappa shape index (κ1) is 9.52. The van der Waals surface area contributed by atoms with Crippen molar-refractivity contribution in [1.82, 2.24) is 4.98 Å². The Kier molecular flexibility index (Phi) is 2.54. The zero-order chi connectivity index (χ0) is 10.7. The van der Waals surface area contributed by atoms with Gasteiger partial charge in [0.25, 0.3) is 0 Å². The third kappa shape index (κ3) is 1.76. The minimum absolute atomic E-state index is 0.103. The maximum atomic E-state index is 9.87. The smallest absolute Gasteiger partial charge is 0.166 e. The van der Waals surface area contributed by atoms with Gasteiger partial charge in [-0.2, -0.15) is 0 Å². The Morgan fingerprint density at radius 1 is 1.27 bits per heavy atom. The van der Waals surface area contributed by atoms with Crippen molar-refractivity contribution >= 4 is 0 Å². The minimum Gasteiger partial charge on any atom is -0.504 e. The Morgan fingerprint density at radius 2 is 2.00 bits per heavy atom. The molecule has 0 unspecified atom stereocenters. The highest BCUT2D eigenvalue weighted by Gasteiger charge is 2.08. The lowest BCUT2D eigenvalue weighted by molar-refractivity contribution is 0.374. The lowest BCUT2D eigenvalue weighted by Crippen LogP contribution is -1.86. The summed E-state index contributed by atoms with van der Waals surface area (Å²) >= 11 is 0. The number of hydrogen-bond donors (Lipinski definition) is 1. The van der Waals surface area contributed by atoms with Crippen LogP contribution in [-0.4, -0.2) is 17.2 Å². The van der Waals surface area contributed by atoms with E-state index in [-0.39, 0.29) is 5.75 Å². The van der Waals surface area contributed by atoms with E-state index >= 15 is 0 Å². The molecule has 0 aliphatic rings. The number of ether oxygens (including phenoxy) is 1. The summed E-state index contributed by atoms with van der Waals surface area (Å²) in [5.74, 6) is 0.548. The summed E-state index contributed by atoms with van der Waals surface area (Å²) in [6, 6.07) is 9.97. The number of methoxy groups -OCH3 is 1. The summed E-state index contributed by atoms with van der Waals surface area (Å²) in [6.45, 7) is 0. The van der Waals surface area contributed by atoms with E-state index in [0.29, 0.717) is 11.3 Å². The van der Waals surface area contributed by atoms with Gasteiger partial charge in [0.2, 0.25) is 0 Å². The SMILES string of the molecule is COc1cc[c]c(-c2ccncc2)c1O. The van der Waals surface area contributed by atoms with Crippen LogP contribution in [0, 0.1) is 6.07 Å². The van der Waals surface area contributed by atoms with Crippen LogP contribution in [0.1, 0.15) is 0 Å². The molecule has 1 aromatic carbocycles. The quantitative estimate of drug-likeness (QED) is 0.808. The molecule has 3 nitrogen and oxygen atoms in total. The predicted molar refractivity (Wildman–Crippen MR) is 56.7 cm³/mol. The van der Waals surface area contributed by atoms with Crippen LogP contribution in [-0.2, 0) is 0 Å². The Balaban J connectivity index is 2.54. The first-order chi connectivity index (χ1) is 7.33. The Morgan fingerprint density at radius 3 is 2.67 bits per heavy atom. The number of hydrogen-bond acceptors (Lipinski definition) is 3. The standard InChI is InChI=1S/C12H10NO2/c1-15-11-4-2-3-10(12(11)14)9-5-7-13-8-6-9/h2,4-8,14H,1H3. The first-order valence-electron chi connectivity index (χ1n) is 4.51. The fourth-order valence-corrected chi connectivity index (χ4v) is 1.37. The molecular formula is C12H10NO2. The molecular weight excluding hydrogens is 190 g/mol. The number of pyridine rings is 1. The molecule has 2 aromatic rings. The van der Waals surface area contributed by atoms with Crippen LogP contribution in [0.2, 0.25) is 0 Å². The third-order valence-electron chi connectivity index (χ3n) is 2.12. The normalized spacial score (nSPS) is 9.93. The molecule has 0 saturated heterocycles. The molecule has 0 spiro atoms. The van der Waals surface area contributed by atoms with Gasteiger partial charge in [0.05, 0.1) is 7.11 Å². The van der Waals surface area contributed by atoms with Crippen molar-refractivity contribution in [2.45, 2.75) is 0 Å². The van der Waals surface area contributed by atoms with E-state index in [4.69, 9.17) is 4.74 Å². The highest BCUT2D eigenvalue weighted by atomic mass is 16.5. The molecule has 1 radical (unpaired) electrons. The van der Waals surface area contributed by atoms with Gasteiger partial charge >= 0.3 is 0 Å². The van der Waals surface area contributed by atoms with Gasteiger partial charge in [-0.25, -0.2) is 0 Å². The van der Waals surface area contributed by atoms with Gasteiger partial charge in [0, 0.05) is 18.0 Å². The van der Waals surface area contributed by atoms with E-state index in [0.717, 1.165) is 5.56 Å². The van der Waals surface area contributed by atoms with Crippen molar-refractivity contribution < 1.29 is 9.84 Å². The van der Waals surface area contributed by atoms with E-state index < -0.39 is 0 Å². The van der Waals surface area contributed by atoms with Gasteiger partial charge in [0.1, 0.15) is 0 Å². The van der Waals surface area contributed by atoms with Gasteiger partial charge in [-0.3, -0.25) is 4.98 Å². The molecule has 75 valence electrons. The molecule has 1 N–H and O–H groups in total. The van der Waals surface area contributed by atoms with Crippen LogP contribution >= 0.6 is 0 Å². The summed E-state index contributed by atoms with van der Waals surface area (Å²) in [5.41, 5.74) is 1.48. The fraction of sp³-hybridized carbons (Fsp3) is 0.0833. The summed E-state index contributed by atoms with van der Waals surface area (Å²) in [6.07, 6.45) is 3.34. The summed E-state index contributed by atoms with van der Waals surface area (Å²) < 4.78 is 5.02. The van der Waals surface area contributed by atoms with Crippen LogP contribution in [0.3, 0.4) is 0 Å². The monoisotopic (exact) mass is 200 g/mol. The second-order valence-electron chi connectivity index (χ2n) is 3.01. The maximum Gasteiger partial charge on any atom is 0.166 e. The van der Waals surface area contributed by atoms with Gasteiger partial charge in [-0.05, 0) is 35.9 Å².